The van der Waals surface area contributed by atoms with Crippen molar-refractivity contribution in [3.63, 3.8) is 0 Å². The van der Waals surface area contributed by atoms with Gasteiger partial charge in [0.05, 0.1) is 29.6 Å². The molecule has 3 heterocycles. The molecule has 0 unspecified atom stereocenters. The SMILES string of the molecule is Cc1cc([C@@H]2[C@H](c3ccccn3)NC(=S)N2c2ccc(NS(C)(=O)=O)cc2)c(C)n1-c1ccc(C(=O)O)cc1. The van der Waals surface area contributed by atoms with Gasteiger partial charge in [-0.3, -0.25) is 9.71 Å². The molecule has 5 rings (SSSR count). The van der Waals surface area contributed by atoms with E-state index < -0.39 is 16.0 Å². The van der Waals surface area contributed by atoms with Crippen molar-refractivity contribution in [1.82, 2.24) is 14.9 Å². The summed E-state index contributed by atoms with van der Waals surface area (Å²) in [6, 6.07) is 21.2. The molecule has 39 heavy (non-hydrogen) atoms. The van der Waals surface area contributed by atoms with Crippen LogP contribution in [-0.2, 0) is 10.0 Å². The lowest BCUT2D eigenvalue weighted by Gasteiger charge is -2.28. The summed E-state index contributed by atoms with van der Waals surface area (Å²) >= 11 is 5.83. The van der Waals surface area contributed by atoms with E-state index in [2.05, 4.69) is 25.7 Å². The van der Waals surface area contributed by atoms with Crippen LogP contribution in [0.3, 0.4) is 0 Å². The van der Waals surface area contributed by atoms with Crippen molar-refractivity contribution < 1.29 is 18.3 Å². The predicted octanol–water partition coefficient (Wildman–Crippen LogP) is 4.74. The fraction of sp³-hybridized carbons (Fsp3) is 0.179. The summed E-state index contributed by atoms with van der Waals surface area (Å²) in [4.78, 5) is 18.0. The van der Waals surface area contributed by atoms with Crippen molar-refractivity contribution in [3.8, 4) is 5.69 Å². The lowest BCUT2D eigenvalue weighted by Crippen LogP contribution is -2.29. The van der Waals surface area contributed by atoms with Gasteiger partial charge in [-0.15, -0.1) is 0 Å². The number of nitrogens with one attached hydrogen (secondary N) is 2. The zero-order valence-corrected chi connectivity index (χ0v) is 23.1. The minimum absolute atomic E-state index is 0.224. The third-order valence-electron chi connectivity index (χ3n) is 6.71. The molecular weight excluding hydrogens is 534 g/mol. The number of sulfonamides is 1. The number of thiocarbonyl (C=S) groups is 1. The first-order valence-electron chi connectivity index (χ1n) is 12.1. The molecule has 0 bridgehead atoms. The first-order chi connectivity index (χ1) is 18.5. The summed E-state index contributed by atoms with van der Waals surface area (Å²) < 4.78 is 27.9. The molecule has 1 aliphatic rings. The molecule has 1 fully saturated rings. The molecule has 0 saturated carbocycles. The molecule has 0 spiro atoms. The zero-order chi connectivity index (χ0) is 27.9. The van der Waals surface area contributed by atoms with E-state index in [-0.39, 0.29) is 17.6 Å². The van der Waals surface area contributed by atoms with Crippen LogP contribution in [0.1, 0.15) is 45.1 Å². The second kappa shape index (κ2) is 10.2. The Morgan fingerprint density at radius 1 is 1.03 bits per heavy atom. The number of benzene rings is 2. The molecule has 1 saturated heterocycles. The van der Waals surface area contributed by atoms with Crippen LogP contribution in [0.5, 0.6) is 0 Å². The molecule has 9 nitrogen and oxygen atoms in total. The van der Waals surface area contributed by atoms with Gasteiger partial charge in [0.15, 0.2) is 5.11 Å². The Labute approximate surface area is 232 Å². The quantitative estimate of drug-likeness (QED) is 0.277. The first-order valence-corrected chi connectivity index (χ1v) is 14.4. The molecule has 1 aliphatic heterocycles. The number of nitrogens with zero attached hydrogens (tertiary/aromatic N) is 3. The third kappa shape index (κ3) is 5.23. The third-order valence-corrected chi connectivity index (χ3v) is 7.63. The number of carboxylic acid groups (broad SMARTS) is 1. The number of anilines is 2. The first kappa shape index (κ1) is 26.4. The maximum absolute atomic E-state index is 11.7. The van der Waals surface area contributed by atoms with Crippen LogP contribution in [0, 0.1) is 13.8 Å². The molecule has 2 atom stereocenters. The van der Waals surface area contributed by atoms with Gasteiger partial charge in [0.1, 0.15) is 0 Å². The van der Waals surface area contributed by atoms with Gasteiger partial charge in [-0.05, 0) is 98.4 Å². The van der Waals surface area contributed by atoms with E-state index in [1.807, 2.05) is 49.1 Å². The fourth-order valence-electron chi connectivity index (χ4n) is 5.09. The zero-order valence-electron chi connectivity index (χ0n) is 21.5. The normalized spacial score (nSPS) is 17.2. The highest BCUT2D eigenvalue weighted by atomic mass is 32.2. The van der Waals surface area contributed by atoms with Crippen molar-refractivity contribution in [2.75, 3.05) is 15.9 Å². The number of aryl methyl sites for hydroxylation is 1. The Hall–Kier alpha value is -4.22. The Bertz CT molecular complexity index is 1650. The molecule has 200 valence electrons. The van der Waals surface area contributed by atoms with Crippen LogP contribution in [-0.4, -0.2) is 40.4 Å². The lowest BCUT2D eigenvalue weighted by molar-refractivity contribution is 0.0697. The van der Waals surface area contributed by atoms with Crippen molar-refractivity contribution in [2.24, 2.45) is 0 Å². The predicted molar refractivity (Wildman–Crippen MR) is 155 cm³/mol. The summed E-state index contributed by atoms with van der Waals surface area (Å²) in [6.07, 6.45) is 2.86. The molecule has 0 aliphatic carbocycles. The van der Waals surface area contributed by atoms with Gasteiger partial charge >= 0.3 is 5.97 Å². The van der Waals surface area contributed by atoms with Gasteiger partial charge in [0.2, 0.25) is 10.0 Å². The summed E-state index contributed by atoms with van der Waals surface area (Å²) in [5.41, 5.74) is 6.15. The Balaban J connectivity index is 1.61. The number of carbonyl (C=O) groups is 1. The molecule has 3 N–H and O–H groups in total. The van der Waals surface area contributed by atoms with Gasteiger partial charge in [0, 0.05) is 34.6 Å². The van der Waals surface area contributed by atoms with E-state index in [4.69, 9.17) is 12.2 Å². The Kier molecular flexibility index (Phi) is 6.87. The van der Waals surface area contributed by atoms with Gasteiger partial charge < -0.3 is 19.9 Å². The van der Waals surface area contributed by atoms with Gasteiger partial charge in [-0.2, -0.15) is 0 Å². The van der Waals surface area contributed by atoms with E-state index in [1.54, 1.807) is 42.6 Å². The Morgan fingerprint density at radius 3 is 2.28 bits per heavy atom. The summed E-state index contributed by atoms with van der Waals surface area (Å²) in [7, 11) is -3.41. The van der Waals surface area contributed by atoms with Crippen molar-refractivity contribution in [1.29, 1.82) is 0 Å². The molecule has 2 aromatic heterocycles. The van der Waals surface area contributed by atoms with Gasteiger partial charge in [-0.1, -0.05) is 6.07 Å². The van der Waals surface area contributed by atoms with E-state index in [0.717, 1.165) is 40.3 Å². The van der Waals surface area contributed by atoms with Crippen LogP contribution in [0.2, 0.25) is 0 Å². The molecule has 2 aromatic carbocycles. The van der Waals surface area contributed by atoms with E-state index in [0.29, 0.717) is 10.8 Å². The molecule has 0 radical (unpaired) electrons. The van der Waals surface area contributed by atoms with Crippen LogP contribution in [0.4, 0.5) is 11.4 Å². The number of carboxylic acids is 1. The number of aromatic nitrogens is 2. The van der Waals surface area contributed by atoms with Crippen LogP contribution in [0.25, 0.3) is 5.69 Å². The highest BCUT2D eigenvalue weighted by molar-refractivity contribution is 7.92. The number of pyridine rings is 1. The average Bonchev–Trinajstić information content (AvgIpc) is 3.39. The maximum Gasteiger partial charge on any atom is 0.335 e. The molecule has 0 amide bonds. The van der Waals surface area contributed by atoms with Crippen LogP contribution >= 0.6 is 12.2 Å². The number of rotatable bonds is 7. The van der Waals surface area contributed by atoms with Crippen LogP contribution < -0.4 is 14.9 Å². The standard InChI is InChI=1S/C28H27N5O4S2/c1-17-16-23(18(2)32(17)21-11-7-19(8-12-21)27(34)35)26-25(24-6-4-5-15-29-24)30-28(38)33(26)22-13-9-20(10-14-22)31-39(3,36)37/h4-16,25-26,31H,1-3H3,(H,30,38)(H,34,35)/t25-,26+/m0/s1. The second-order valence-electron chi connectivity index (χ2n) is 9.43. The number of hydrogen-bond acceptors (Lipinski definition) is 5. The highest BCUT2D eigenvalue weighted by Crippen LogP contribution is 2.44. The lowest BCUT2D eigenvalue weighted by atomic mass is 9.96. The molecule has 4 aromatic rings. The number of hydrogen-bond donors (Lipinski definition) is 3. The minimum atomic E-state index is -3.41. The number of aromatic carboxylic acids is 1. The molecule has 11 heteroatoms. The summed E-state index contributed by atoms with van der Waals surface area (Å²) in [6.45, 7) is 4.04. The van der Waals surface area contributed by atoms with Crippen LogP contribution in [0.15, 0.2) is 79.0 Å². The summed E-state index contributed by atoms with van der Waals surface area (Å²) in [5.74, 6) is -0.972. The van der Waals surface area contributed by atoms with Gasteiger partial charge in [0.25, 0.3) is 0 Å². The fourth-order valence-corrected chi connectivity index (χ4v) is 6.00. The second-order valence-corrected chi connectivity index (χ2v) is 11.6. The summed E-state index contributed by atoms with van der Waals surface area (Å²) in [5, 5.41) is 13.3. The van der Waals surface area contributed by atoms with E-state index in [9.17, 15) is 18.3 Å². The molecular formula is C28H27N5O4S2. The monoisotopic (exact) mass is 561 g/mol. The Morgan fingerprint density at radius 2 is 1.69 bits per heavy atom. The smallest absolute Gasteiger partial charge is 0.335 e. The van der Waals surface area contributed by atoms with E-state index in [1.165, 1.54) is 0 Å². The van der Waals surface area contributed by atoms with E-state index >= 15 is 0 Å². The maximum atomic E-state index is 11.7. The topological polar surface area (TPSA) is 117 Å². The average molecular weight is 562 g/mol. The van der Waals surface area contributed by atoms with Crippen molar-refractivity contribution >= 4 is 44.7 Å². The highest BCUT2D eigenvalue weighted by Gasteiger charge is 2.42. The van der Waals surface area contributed by atoms with Crippen molar-refractivity contribution in [3.05, 3.63) is 107 Å². The minimum Gasteiger partial charge on any atom is -0.478 e. The van der Waals surface area contributed by atoms with Crippen molar-refractivity contribution in [2.45, 2.75) is 25.9 Å². The van der Waals surface area contributed by atoms with Gasteiger partial charge in [-0.25, -0.2) is 13.2 Å². The largest absolute Gasteiger partial charge is 0.478 e.